The van der Waals surface area contributed by atoms with Gasteiger partial charge in [0.1, 0.15) is 11.6 Å². The van der Waals surface area contributed by atoms with Gasteiger partial charge in [0.15, 0.2) is 0 Å². The average molecular weight is 289 g/mol. The Morgan fingerprint density at radius 2 is 1.90 bits per heavy atom. The number of hydrogen-bond acceptors (Lipinski definition) is 2. The van der Waals surface area contributed by atoms with Crippen LogP contribution in [-0.4, -0.2) is 12.4 Å². The molecule has 2 aromatic carbocycles. The van der Waals surface area contributed by atoms with Crippen molar-refractivity contribution >= 4 is 17.4 Å². The zero-order valence-electron chi connectivity index (χ0n) is 11.1. The second-order valence-electron chi connectivity index (χ2n) is 4.49. The van der Waals surface area contributed by atoms with Crippen molar-refractivity contribution in [2.75, 3.05) is 6.61 Å². The highest BCUT2D eigenvalue weighted by molar-refractivity contribution is 6.34. The molecule has 0 atom stereocenters. The summed E-state index contributed by atoms with van der Waals surface area (Å²) in [5, 5.41) is 7.80. The molecule has 0 bridgehead atoms. The Kier molecular flexibility index (Phi) is 5.02. The summed E-state index contributed by atoms with van der Waals surface area (Å²) in [6.07, 6.45) is 1.93. The fourth-order valence-corrected chi connectivity index (χ4v) is 2.19. The number of nitrogens with two attached hydrogens (primary N) is 1. The summed E-state index contributed by atoms with van der Waals surface area (Å²) in [6.45, 7) is 0.630. The predicted molar refractivity (Wildman–Crippen MR) is 82.7 cm³/mol. The molecule has 104 valence electrons. The summed E-state index contributed by atoms with van der Waals surface area (Å²) in [5.41, 5.74) is 7.25. The number of rotatable bonds is 6. The highest BCUT2D eigenvalue weighted by atomic mass is 35.5. The highest BCUT2D eigenvalue weighted by Gasteiger charge is 2.05. The van der Waals surface area contributed by atoms with Crippen LogP contribution in [0.25, 0.3) is 0 Å². The standard InChI is InChI=1S/C16H17ClN2O/c17-15-11-13(8-9-14(15)16(18)19)20-10-4-7-12-5-2-1-3-6-12/h1-3,5-6,8-9,11H,4,7,10H2,(H3,18,19). The smallest absolute Gasteiger partial charge is 0.124 e. The zero-order chi connectivity index (χ0) is 14.4. The second-order valence-corrected chi connectivity index (χ2v) is 4.90. The fourth-order valence-electron chi connectivity index (χ4n) is 1.92. The lowest BCUT2D eigenvalue weighted by molar-refractivity contribution is 0.311. The number of amidine groups is 1. The molecule has 4 heteroatoms. The van der Waals surface area contributed by atoms with E-state index in [2.05, 4.69) is 12.1 Å². The Morgan fingerprint density at radius 3 is 2.55 bits per heavy atom. The topological polar surface area (TPSA) is 59.1 Å². The van der Waals surface area contributed by atoms with Crippen LogP contribution in [0.2, 0.25) is 5.02 Å². The maximum absolute atomic E-state index is 7.36. The average Bonchev–Trinajstić information content (AvgIpc) is 2.44. The third kappa shape index (κ3) is 4.00. The van der Waals surface area contributed by atoms with Crippen molar-refractivity contribution < 1.29 is 4.74 Å². The number of aryl methyl sites for hydroxylation is 1. The monoisotopic (exact) mass is 288 g/mol. The van der Waals surface area contributed by atoms with Gasteiger partial charge in [-0.15, -0.1) is 0 Å². The molecule has 0 heterocycles. The first-order valence-electron chi connectivity index (χ1n) is 6.47. The minimum atomic E-state index is -0.0365. The molecule has 0 spiro atoms. The molecule has 0 radical (unpaired) electrons. The van der Waals surface area contributed by atoms with E-state index in [1.54, 1.807) is 18.2 Å². The lowest BCUT2D eigenvalue weighted by atomic mass is 10.1. The number of hydrogen-bond donors (Lipinski definition) is 2. The summed E-state index contributed by atoms with van der Waals surface area (Å²) in [6, 6.07) is 15.5. The first-order valence-corrected chi connectivity index (χ1v) is 6.85. The van der Waals surface area contributed by atoms with Gasteiger partial charge in [-0.25, -0.2) is 0 Å². The number of benzene rings is 2. The van der Waals surface area contributed by atoms with E-state index >= 15 is 0 Å². The van der Waals surface area contributed by atoms with Crippen LogP contribution in [0.5, 0.6) is 5.75 Å². The van der Waals surface area contributed by atoms with Crippen molar-refractivity contribution in [2.24, 2.45) is 5.73 Å². The summed E-state index contributed by atoms with van der Waals surface area (Å²) in [7, 11) is 0. The second kappa shape index (κ2) is 6.96. The molecule has 3 nitrogen and oxygen atoms in total. The van der Waals surface area contributed by atoms with E-state index in [4.69, 9.17) is 27.5 Å². The molecule has 0 amide bonds. The first kappa shape index (κ1) is 14.4. The highest BCUT2D eigenvalue weighted by Crippen LogP contribution is 2.22. The summed E-state index contributed by atoms with van der Waals surface area (Å²) in [4.78, 5) is 0. The van der Waals surface area contributed by atoms with Crippen LogP contribution in [0.4, 0.5) is 0 Å². The van der Waals surface area contributed by atoms with Gasteiger partial charge < -0.3 is 10.5 Å². The quantitative estimate of drug-likeness (QED) is 0.484. The van der Waals surface area contributed by atoms with E-state index in [1.807, 2.05) is 18.2 Å². The van der Waals surface area contributed by atoms with Gasteiger partial charge in [-0.2, -0.15) is 0 Å². The van der Waals surface area contributed by atoms with E-state index in [9.17, 15) is 0 Å². The Hall–Kier alpha value is -2.00. The first-order chi connectivity index (χ1) is 9.66. The van der Waals surface area contributed by atoms with Crippen molar-refractivity contribution in [3.8, 4) is 5.75 Å². The minimum absolute atomic E-state index is 0.0365. The minimum Gasteiger partial charge on any atom is -0.494 e. The van der Waals surface area contributed by atoms with Gasteiger partial charge in [0.05, 0.1) is 11.6 Å². The fraction of sp³-hybridized carbons (Fsp3) is 0.188. The number of nitrogens with one attached hydrogen (secondary N) is 1. The van der Waals surface area contributed by atoms with E-state index in [0.29, 0.717) is 22.9 Å². The van der Waals surface area contributed by atoms with Gasteiger partial charge in [-0.05, 0) is 36.6 Å². The van der Waals surface area contributed by atoms with Crippen molar-refractivity contribution in [1.82, 2.24) is 0 Å². The van der Waals surface area contributed by atoms with E-state index in [-0.39, 0.29) is 5.84 Å². The molecule has 0 fully saturated rings. The summed E-state index contributed by atoms with van der Waals surface area (Å²) >= 11 is 6.03. The Labute approximate surface area is 123 Å². The van der Waals surface area contributed by atoms with Crippen molar-refractivity contribution in [2.45, 2.75) is 12.8 Å². The molecule has 0 aliphatic carbocycles. The normalized spacial score (nSPS) is 10.2. The predicted octanol–water partition coefficient (Wildman–Crippen LogP) is 3.64. The van der Waals surface area contributed by atoms with Gasteiger partial charge >= 0.3 is 0 Å². The lowest BCUT2D eigenvalue weighted by Crippen LogP contribution is -2.11. The molecular weight excluding hydrogens is 272 g/mol. The van der Waals surface area contributed by atoms with Crippen molar-refractivity contribution in [3.63, 3.8) is 0 Å². The SMILES string of the molecule is N=C(N)c1ccc(OCCCc2ccccc2)cc1Cl. The van der Waals surface area contributed by atoms with Crippen LogP contribution in [0, 0.1) is 5.41 Å². The molecule has 2 aromatic rings. The Bertz CT molecular complexity index is 584. The molecule has 0 aliphatic heterocycles. The molecule has 0 aromatic heterocycles. The van der Waals surface area contributed by atoms with Gasteiger partial charge in [-0.3, -0.25) is 5.41 Å². The molecule has 0 saturated heterocycles. The molecule has 0 unspecified atom stereocenters. The van der Waals surface area contributed by atoms with Crippen molar-refractivity contribution in [1.29, 1.82) is 5.41 Å². The van der Waals surface area contributed by atoms with Crippen LogP contribution in [0.15, 0.2) is 48.5 Å². The van der Waals surface area contributed by atoms with Gasteiger partial charge in [-0.1, -0.05) is 41.9 Å². The third-order valence-electron chi connectivity index (χ3n) is 2.95. The maximum Gasteiger partial charge on any atom is 0.124 e. The zero-order valence-corrected chi connectivity index (χ0v) is 11.9. The van der Waals surface area contributed by atoms with Crippen molar-refractivity contribution in [3.05, 3.63) is 64.7 Å². The molecular formula is C16H17ClN2O. The van der Waals surface area contributed by atoms with Crippen LogP contribution in [0.3, 0.4) is 0 Å². The molecule has 0 aliphatic rings. The van der Waals surface area contributed by atoms with Gasteiger partial charge in [0.25, 0.3) is 0 Å². The molecule has 3 N–H and O–H groups in total. The Morgan fingerprint density at radius 1 is 1.15 bits per heavy atom. The number of ether oxygens (including phenoxy) is 1. The maximum atomic E-state index is 7.36. The molecule has 0 saturated carbocycles. The van der Waals surface area contributed by atoms with Crippen LogP contribution < -0.4 is 10.5 Å². The summed E-state index contributed by atoms with van der Waals surface area (Å²) in [5.74, 6) is 0.665. The van der Waals surface area contributed by atoms with Crippen LogP contribution in [-0.2, 0) is 6.42 Å². The number of nitrogen functional groups attached to an aromatic ring is 1. The van der Waals surface area contributed by atoms with E-state index < -0.39 is 0 Å². The van der Waals surface area contributed by atoms with Crippen LogP contribution in [0.1, 0.15) is 17.5 Å². The summed E-state index contributed by atoms with van der Waals surface area (Å²) < 4.78 is 5.65. The lowest BCUT2D eigenvalue weighted by Gasteiger charge is -2.08. The van der Waals surface area contributed by atoms with Crippen LogP contribution >= 0.6 is 11.6 Å². The van der Waals surface area contributed by atoms with E-state index in [0.717, 1.165) is 12.8 Å². The van der Waals surface area contributed by atoms with Gasteiger partial charge in [0.2, 0.25) is 0 Å². The van der Waals surface area contributed by atoms with Gasteiger partial charge in [0, 0.05) is 5.56 Å². The van der Waals surface area contributed by atoms with E-state index in [1.165, 1.54) is 5.56 Å². The molecule has 2 rings (SSSR count). The Balaban J connectivity index is 1.83. The third-order valence-corrected chi connectivity index (χ3v) is 3.26. The largest absolute Gasteiger partial charge is 0.494 e. The number of halogens is 1. The molecule has 20 heavy (non-hydrogen) atoms.